The molecule has 0 aromatic carbocycles. The molecule has 2 rings (SSSR count). The van der Waals surface area contributed by atoms with E-state index in [1.165, 1.54) is 6.07 Å². The Labute approximate surface area is 99.8 Å². The van der Waals surface area contributed by atoms with Crippen molar-refractivity contribution in [3.8, 4) is 0 Å². The summed E-state index contributed by atoms with van der Waals surface area (Å²) in [7, 11) is 1.76. The molecule has 0 bridgehead atoms. The summed E-state index contributed by atoms with van der Waals surface area (Å²) in [6, 6.07) is 3.45. The summed E-state index contributed by atoms with van der Waals surface area (Å²) in [6.45, 7) is 2.91. The van der Waals surface area contributed by atoms with Gasteiger partial charge in [0.1, 0.15) is 5.82 Å². The zero-order chi connectivity index (χ0) is 12.4. The SMILES string of the molecule is CNc1ccc([N+](=O)[O-])c(N2CCCC2C)n1. The van der Waals surface area contributed by atoms with Crippen LogP contribution in [0.1, 0.15) is 19.8 Å². The van der Waals surface area contributed by atoms with E-state index >= 15 is 0 Å². The summed E-state index contributed by atoms with van der Waals surface area (Å²) in [6.07, 6.45) is 2.12. The molecule has 0 radical (unpaired) electrons. The zero-order valence-electron chi connectivity index (χ0n) is 10.0. The number of hydrogen-bond donors (Lipinski definition) is 1. The van der Waals surface area contributed by atoms with Crippen LogP contribution >= 0.6 is 0 Å². The molecule has 6 heteroatoms. The fraction of sp³-hybridized carbons (Fsp3) is 0.545. The lowest BCUT2D eigenvalue weighted by Crippen LogP contribution is -2.28. The summed E-state index contributed by atoms with van der Waals surface area (Å²) in [5.74, 6) is 1.14. The Morgan fingerprint density at radius 3 is 2.88 bits per heavy atom. The van der Waals surface area contributed by atoms with Gasteiger partial charge in [-0.25, -0.2) is 4.98 Å². The summed E-state index contributed by atoms with van der Waals surface area (Å²) in [5.41, 5.74) is 0.0813. The van der Waals surface area contributed by atoms with Crippen LogP contribution in [-0.4, -0.2) is 29.5 Å². The number of rotatable bonds is 3. The van der Waals surface area contributed by atoms with Crippen molar-refractivity contribution in [2.45, 2.75) is 25.8 Å². The minimum absolute atomic E-state index is 0.0813. The van der Waals surface area contributed by atoms with Gasteiger partial charge in [-0.05, 0) is 25.8 Å². The van der Waals surface area contributed by atoms with E-state index in [9.17, 15) is 10.1 Å². The molecule has 1 aromatic rings. The van der Waals surface area contributed by atoms with Crippen LogP contribution < -0.4 is 10.2 Å². The van der Waals surface area contributed by atoms with Crippen molar-refractivity contribution in [2.24, 2.45) is 0 Å². The van der Waals surface area contributed by atoms with Crippen LogP contribution in [0.2, 0.25) is 0 Å². The average molecular weight is 236 g/mol. The van der Waals surface area contributed by atoms with E-state index in [2.05, 4.69) is 17.2 Å². The normalized spacial score (nSPS) is 19.4. The third-order valence-corrected chi connectivity index (χ3v) is 3.13. The number of nitrogens with zero attached hydrogens (tertiary/aromatic N) is 3. The van der Waals surface area contributed by atoms with E-state index in [-0.39, 0.29) is 10.6 Å². The van der Waals surface area contributed by atoms with Crippen LogP contribution in [0.4, 0.5) is 17.3 Å². The molecule has 0 saturated carbocycles. The highest BCUT2D eigenvalue weighted by Crippen LogP contribution is 2.32. The molecule has 17 heavy (non-hydrogen) atoms. The molecule has 0 amide bonds. The van der Waals surface area contributed by atoms with Crippen LogP contribution in [0.15, 0.2) is 12.1 Å². The van der Waals surface area contributed by atoms with E-state index in [4.69, 9.17) is 0 Å². The highest BCUT2D eigenvalue weighted by Gasteiger charge is 2.28. The van der Waals surface area contributed by atoms with Crippen molar-refractivity contribution >= 4 is 17.3 Å². The fourth-order valence-electron chi connectivity index (χ4n) is 2.18. The molecule has 1 saturated heterocycles. The van der Waals surface area contributed by atoms with Gasteiger partial charge in [0.15, 0.2) is 0 Å². The maximum absolute atomic E-state index is 11.0. The molecule has 1 fully saturated rings. The lowest BCUT2D eigenvalue weighted by atomic mass is 10.2. The molecule has 1 atom stereocenters. The maximum Gasteiger partial charge on any atom is 0.311 e. The van der Waals surface area contributed by atoms with Gasteiger partial charge in [-0.3, -0.25) is 10.1 Å². The second kappa shape index (κ2) is 4.57. The van der Waals surface area contributed by atoms with Gasteiger partial charge in [-0.15, -0.1) is 0 Å². The van der Waals surface area contributed by atoms with E-state index < -0.39 is 0 Å². The van der Waals surface area contributed by atoms with Gasteiger partial charge in [0.05, 0.1) is 4.92 Å². The molecule has 0 aliphatic carbocycles. The van der Waals surface area contributed by atoms with E-state index in [0.717, 1.165) is 19.4 Å². The van der Waals surface area contributed by atoms with E-state index in [1.54, 1.807) is 13.1 Å². The van der Waals surface area contributed by atoms with Crippen LogP contribution in [0.25, 0.3) is 0 Å². The summed E-state index contributed by atoms with van der Waals surface area (Å²) in [4.78, 5) is 17.0. The highest BCUT2D eigenvalue weighted by molar-refractivity contribution is 5.62. The van der Waals surface area contributed by atoms with E-state index in [1.807, 2.05) is 4.90 Å². The van der Waals surface area contributed by atoms with Gasteiger partial charge in [-0.1, -0.05) is 0 Å². The lowest BCUT2D eigenvalue weighted by Gasteiger charge is -2.22. The second-order valence-corrected chi connectivity index (χ2v) is 4.23. The van der Waals surface area contributed by atoms with Gasteiger partial charge in [0, 0.05) is 25.7 Å². The van der Waals surface area contributed by atoms with Crippen LogP contribution in [0.5, 0.6) is 0 Å². The zero-order valence-corrected chi connectivity index (χ0v) is 10.0. The summed E-state index contributed by atoms with van der Waals surface area (Å²) in [5, 5.41) is 13.9. The molecule has 92 valence electrons. The average Bonchev–Trinajstić information content (AvgIpc) is 2.74. The maximum atomic E-state index is 11.0. The standard InChI is InChI=1S/C11H16N4O2/c1-8-4-3-7-14(8)11-9(15(16)17)5-6-10(12-2)13-11/h5-6,8H,3-4,7H2,1-2H3,(H,12,13). The molecular weight excluding hydrogens is 220 g/mol. The molecule has 6 nitrogen and oxygen atoms in total. The predicted molar refractivity (Wildman–Crippen MR) is 66.5 cm³/mol. The molecular formula is C11H16N4O2. The van der Waals surface area contributed by atoms with Crippen LogP contribution in [0, 0.1) is 10.1 Å². The van der Waals surface area contributed by atoms with Crippen molar-refractivity contribution < 1.29 is 4.92 Å². The number of aromatic nitrogens is 1. The van der Waals surface area contributed by atoms with Gasteiger partial charge in [-0.2, -0.15) is 0 Å². The first-order chi connectivity index (χ1) is 8.13. The Bertz CT molecular complexity index is 435. The van der Waals surface area contributed by atoms with Crippen LogP contribution in [-0.2, 0) is 0 Å². The predicted octanol–water partition coefficient (Wildman–Crippen LogP) is 2.02. The first-order valence-corrected chi connectivity index (χ1v) is 5.73. The van der Waals surface area contributed by atoms with Crippen molar-refractivity contribution in [3.63, 3.8) is 0 Å². The topological polar surface area (TPSA) is 71.3 Å². The molecule has 0 spiro atoms. The van der Waals surface area contributed by atoms with Crippen molar-refractivity contribution in [1.82, 2.24) is 4.98 Å². The van der Waals surface area contributed by atoms with Crippen LogP contribution in [0.3, 0.4) is 0 Å². The number of nitrogens with one attached hydrogen (secondary N) is 1. The van der Waals surface area contributed by atoms with Crippen molar-refractivity contribution in [2.75, 3.05) is 23.8 Å². The smallest absolute Gasteiger partial charge is 0.311 e. The van der Waals surface area contributed by atoms with Gasteiger partial charge in [0.25, 0.3) is 0 Å². The monoisotopic (exact) mass is 236 g/mol. The van der Waals surface area contributed by atoms with Gasteiger partial charge in [0.2, 0.25) is 5.82 Å². The Kier molecular flexibility index (Phi) is 3.12. The molecule has 1 N–H and O–H groups in total. The molecule has 1 aromatic heterocycles. The Balaban J connectivity index is 2.44. The molecule has 2 heterocycles. The number of anilines is 2. The lowest BCUT2D eigenvalue weighted by molar-refractivity contribution is -0.384. The minimum atomic E-state index is -0.368. The van der Waals surface area contributed by atoms with Gasteiger partial charge < -0.3 is 10.2 Å². The first-order valence-electron chi connectivity index (χ1n) is 5.73. The Morgan fingerprint density at radius 2 is 2.35 bits per heavy atom. The third kappa shape index (κ3) is 2.15. The number of hydrogen-bond acceptors (Lipinski definition) is 5. The summed E-state index contributed by atoms with van der Waals surface area (Å²) >= 11 is 0. The molecule has 1 aliphatic rings. The Morgan fingerprint density at radius 1 is 1.59 bits per heavy atom. The number of pyridine rings is 1. The molecule has 1 unspecified atom stereocenters. The van der Waals surface area contributed by atoms with Crippen molar-refractivity contribution in [1.29, 1.82) is 0 Å². The van der Waals surface area contributed by atoms with Gasteiger partial charge >= 0.3 is 5.69 Å². The fourth-order valence-corrected chi connectivity index (χ4v) is 2.18. The second-order valence-electron chi connectivity index (χ2n) is 4.23. The highest BCUT2D eigenvalue weighted by atomic mass is 16.6. The quantitative estimate of drug-likeness (QED) is 0.642. The first kappa shape index (κ1) is 11.6. The van der Waals surface area contributed by atoms with Crippen molar-refractivity contribution in [3.05, 3.63) is 22.2 Å². The van der Waals surface area contributed by atoms with E-state index in [0.29, 0.717) is 17.7 Å². The third-order valence-electron chi connectivity index (χ3n) is 3.13. The Hall–Kier alpha value is -1.85. The molecule has 1 aliphatic heterocycles. The summed E-state index contributed by atoms with van der Waals surface area (Å²) < 4.78 is 0. The number of nitro groups is 1. The minimum Gasteiger partial charge on any atom is -0.373 e. The largest absolute Gasteiger partial charge is 0.373 e.